The van der Waals surface area contributed by atoms with Crippen molar-refractivity contribution in [2.45, 2.75) is 70.4 Å². The summed E-state index contributed by atoms with van der Waals surface area (Å²) in [6, 6.07) is 0.731. The lowest BCUT2D eigenvalue weighted by atomic mass is 9.89. The summed E-state index contributed by atoms with van der Waals surface area (Å²) in [5.74, 6) is 0.881. The molecule has 2 aliphatic rings. The molecule has 0 amide bonds. The zero-order valence-electron chi connectivity index (χ0n) is 10.7. The molecule has 3 atom stereocenters. The SMILES string of the molecule is CC1CCCC(OCCC2CCCCN2)C1. The van der Waals surface area contributed by atoms with Crippen LogP contribution in [0.2, 0.25) is 0 Å². The van der Waals surface area contributed by atoms with Gasteiger partial charge in [0, 0.05) is 12.6 Å². The highest BCUT2D eigenvalue weighted by atomic mass is 16.5. The van der Waals surface area contributed by atoms with E-state index in [0.29, 0.717) is 6.10 Å². The zero-order chi connectivity index (χ0) is 11.2. The lowest BCUT2D eigenvalue weighted by molar-refractivity contribution is 0.0104. The molecular weight excluding hydrogens is 198 g/mol. The van der Waals surface area contributed by atoms with Gasteiger partial charge in [0.25, 0.3) is 0 Å². The van der Waals surface area contributed by atoms with Crippen molar-refractivity contribution in [2.75, 3.05) is 13.2 Å². The molecule has 2 nitrogen and oxygen atoms in total. The molecule has 0 aromatic rings. The predicted molar refractivity (Wildman–Crippen MR) is 67.6 cm³/mol. The number of hydrogen-bond acceptors (Lipinski definition) is 2. The first-order valence-electron chi connectivity index (χ1n) is 7.19. The van der Waals surface area contributed by atoms with Crippen molar-refractivity contribution in [3.63, 3.8) is 0 Å². The van der Waals surface area contributed by atoms with Crippen LogP contribution in [0, 0.1) is 5.92 Å². The van der Waals surface area contributed by atoms with E-state index in [2.05, 4.69) is 12.2 Å². The van der Waals surface area contributed by atoms with Gasteiger partial charge in [-0.15, -0.1) is 0 Å². The van der Waals surface area contributed by atoms with Crippen molar-refractivity contribution in [1.82, 2.24) is 5.32 Å². The molecular formula is C14H27NO. The van der Waals surface area contributed by atoms with Crippen LogP contribution < -0.4 is 5.32 Å². The number of ether oxygens (including phenoxy) is 1. The average Bonchev–Trinajstić information content (AvgIpc) is 2.30. The Kier molecular flexibility index (Phi) is 5.11. The van der Waals surface area contributed by atoms with Crippen LogP contribution in [0.4, 0.5) is 0 Å². The molecule has 1 N–H and O–H groups in total. The fourth-order valence-corrected chi connectivity index (χ4v) is 3.08. The Morgan fingerprint density at radius 3 is 2.81 bits per heavy atom. The summed E-state index contributed by atoms with van der Waals surface area (Å²) in [5.41, 5.74) is 0. The summed E-state index contributed by atoms with van der Waals surface area (Å²) in [4.78, 5) is 0. The molecule has 2 fully saturated rings. The molecule has 0 spiro atoms. The monoisotopic (exact) mass is 225 g/mol. The van der Waals surface area contributed by atoms with Crippen molar-refractivity contribution in [3.8, 4) is 0 Å². The van der Waals surface area contributed by atoms with Crippen LogP contribution >= 0.6 is 0 Å². The molecule has 0 radical (unpaired) electrons. The van der Waals surface area contributed by atoms with E-state index in [-0.39, 0.29) is 0 Å². The summed E-state index contributed by atoms with van der Waals surface area (Å²) in [5, 5.41) is 3.59. The smallest absolute Gasteiger partial charge is 0.0577 e. The number of piperidine rings is 1. The van der Waals surface area contributed by atoms with Crippen LogP contribution in [0.3, 0.4) is 0 Å². The van der Waals surface area contributed by atoms with Gasteiger partial charge in [-0.2, -0.15) is 0 Å². The molecule has 2 rings (SSSR count). The van der Waals surface area contributed by atoms with Gasteiger partial charge in [0.1, 0.15) is 0 Å². The van der Waals surface area contributed by atoms with Crippen molar-refractivity contribution >= 4 is 0 Å². The van der Waals surface area contributed by atoms with E-state index in [1.807, 2.05) is 0 Å². The molecule has 94 valence electrons. The lowest BCUT2D eigenvalue weighted by Crippen LogP contribution is -2.35. The standard InChI is InChI=1S/C14H27NO/c1-12-5-4-7-14(11-12)16-10-8-13-6-2-3-9-15-13/h12-15H,2-11H2,1H3. The fraction of sp³-hybridized carbons (Fsp3) is 1.00. The van der Waals surface area contributed by atoms with E-state index in [0.717, 1.165) is 18.6 Å². The maximum absolute atomic E-state index is 6.02. The molecule has 1 aliphatic carbocycles. The molecule has 1 saturated heterocycles. The molecule has 0 bridgehead atoms. The number of hydrogen-bond donors (Lipinski definition) is 1. The normalized spacial score (nSPS) is 36.2. The second-order valence-electron chi connectivity index (χ2n) is 5.70. The highest BCUT2D eigenvalue weighted by molar-refractivity contribution is 4.73. The van der Waals surface area contributed by atoms with Gasteiger partial charge < -0.3 is 10.1 Å². The third kappa shape index (κ3) is 4.06. The van der Waals surface area contributed by atoms with Gasteiger partial charge in [-0.1, -0.05) is 26.2 Å². The van der Waals surface area contributed by atoms with Gasteiger partial charge >= 0.3 is 0 Å². The van der Waals surface area contributed by atoms with Crippen molar-refractivity contribution in [1.29, 1.82) is 0 Å². The van der Waals surface area contributed by atoms with E-state index in [9.17, 15) is 0 Å². The molecule has 3 unspecified atom stereocenters. The molecule has 1 aliphatic heterocycles. The molecule has 0 aromatic heterocycles. The van der Waals surface area contributed by atoms with Crippen molar-refractivity contribution in [3.05, 3.63) is 0 Å². The molecule has 16 heavy (non-hydrogen) atoms. The van der Waals surface area contributed by atoms with Crippen LogP contribution in [-0.2, 0) is 4.74 Å². The summed E-state index contributed by atoms with van der Waals surface area (Å²) in [6.45, 7) is 4.54. The first-order chi connectivity index (χ1) is 7.84. The third-order valence-electron chi connectivity index (χ3n) is 4.12. The van der Waals surface area contributed by atoms with E-state index in [1.54, 1.807) is 0 Å². The maximum atomic E-state index is 6.02. The highest BCUT2D eigenvalue weighted by Gasteiger charge is 2.19. The Hall–Kier alpha value is -0.0800. The van der Waals surface area contributed by atoms with Crippen LogP contribution in [0.1, 0.15) is 58.3 Å². The molecule has 1 saturated carbocycles. The Morgan fingerprint density at radius 2 is 2.06 bits per heavy atom. The first kappa shape index (κ1) is 12.4. The summed E-state index contributed by atoms with van der Waals surface area (Å²) < 4.78 is 6.02. The van der Waals surface area contributed by atoms with Crippen molar-refractivity contribution in [2.24, 2.45) is 5.92 Å². The van der Waals surface area contributed by atoms with E-state index >= 15 is 0 Å². The Morgan fingerprint density at radius 1 is 1.12 bits per heavy atom. The lowest BCUT2D eigenvalue weighted by Gasteiger charge is -2.28. The summed E-state index contributed by atoms with van der Waals surface area (Å²) >= 11 is 0. The van der Waals surface area contributed by atoms with Gasteiger partial charge in [0.05, 0.1) is 6.10 Å². The van der Waals surface area contributed by atoms with E-state index in [4.69, 9.17) is 4.74 Å². The third-order valence-corrected chi connectivity index (χ3v) is 4.12. The molecule has 2 heteroatoms. The predicted octanol–water partition coefficient (Wildman–Crippen LogP) is 3.11. The van der Waals surface area contributed by atoms with Gasteiger partial charge in [0.15, 0.2) is 0 Å². The molecule has 0 aromatic carbocycles. The van der Waals surface area contributed by atoms with Crippen LogP contribution in [0.5, 0.6) is 0 Å². The van der Waals surface area contributed by atoms with Gasteiger partial charge in [-0.25, -0.2) is 0 Å². The zero-order valence-corrected chi connectivity index (χ0v) is 10.7. The second kappa shape index (κ2) is 6.61. The summed E-state index contributed by atoms with van der Waals surface area (Å²) in [7, 11) is 0. The minimum atomic E-state index is 0.562. The Balaban J connectivity index is 1.56. The van der Waals surface area contributed by atoms with Crippen LogP contribution in [0.15, 0.2) is 0 Å². The quantitative estimate of drug-likeness (QED) is 0.794. The van der Waals surface area contributed by atoms with Crippen LogP contribution in [-0.4, -0.2) is 25.3 Å². The molecule has 1 heterocycles. The number of rotatable bonds is 4. The Bertz CT molecular complexity index is 189. The minimum Gasteiger partial charge on any atom is -0.378 e. The Labute approximate surface area is 100 Å². The summed E-state index contributed by atoms with van der Waals surface area (Å²) in [6.07, 6.45) is 11.2. The maximum Gasteiger partial charge on any atom is 0.0577 e. The largest absolute Gasteiger partial charge is 0.378 e. The van der Waals surface area contributed by atoms with Gasteiger partial charge in [0.2, 0.25) is 0 Å². The number of nitrogens with one attached hydrogen (secondary N) is 1. The fourth-order valence-electron chi connectivity index (χ4n) is 3.08. The second-order valence-corrected chi connectivity index (χ2v) is 5.70. The van der Waals surface area contributed by atoms with Gasteiger partial charge in [-0.3, -0.25) is 0 Å². The first-order valence-corrected chi connectivity index (χ1v) is 7.19. The topological polar surface area (TPSA) is 21.3 Å². The van der Waals surface area contributed by atoms with E-state index < -0.39 is 0 Å². The average molecular weight is 225 g/mol. The minimum absolute atomic E-state index is 0.562. The van der Waals surface area contributed by atoms with Crippen molar-refractivity contribution < 1.29 is 4.74 Å². The van der Waals surface area contributed by atoms with Gasteiger partial charge in [-0.05, 0) is 44.6 Å². The highest BCUT2D eigenvalue weighted by Crippen LogP contribution is 2.25. The van der Waals surface area contributed by atoms with E-state index in [1.165, 1.54) is 57.9 Å². The van der Waals surface area contributed by atoms with Crippen LogP contribution in [0.25, 0.3) is 0 Å².